The number of amides is 2. The Bertz CT molecular complexity index is 381. The van der Waals surface area contributed by atoms with Crippen LogP contribution in [-0.2, 0) is 9.59 Å². The minimum Gasteiger partial charge on any atom is -0.346 e. The van der Waals surface area contributed by atoms with Gasteiger partial charge in [0, 0.05) is 12.1 Å². The third-order valence-corrected chi connectivity index (χ3v) is 4.41. The number of carbonyl (C=O) groups is 2. The van der Waals surface area contributed by atoms with Gasteiger partial charge in [0.05, 0.1) is 12.6 Å². The van der Waals surface area contributed by atoms with E-state index in [-0.39, 0.29) is 36.7 Å². The van der Waals surface area contributed by atoms with E-state index in [9.17, 15) is 9.59 Å². The first-order chi connectivity index (χ1) is 9.41. The van der Waals surface area contributed by atoms with Gasteiger partial charge < -0.3 is 16.0 Å². The molecule has 2 amide bonds. The van der Waals surface area contributed by atoms with E-state index in [0.717, 1.165) is 12.8 Å². The first-order valence-corrected chi connectivity index (χ1v) is 7.76. The fraction of sp³-hybridized carbons (Fsp3) is 0.867. The Labute approximate surface area is 133 Å². The molecule has 2 rings (SSSR count). The van der Waals surface area contributed by atoms with E-state index in [1.807, 2.05) is 18.7 Å². The largest absolute Gasteiger partial charge is 0.346 e. The van der Waals surface area contributed by atoms with Gasteiger partial charge in [-0.05, 0) is 44.4 Å². The van der Waals surface area contributed by atoms with Gasteiger partial charge in [0.1, 0.15) is 0 Å². The normalized spacial score (nSPS) is 20.4. The summed E-state index contributed by atoms with van der Waals surface area (Å²) in [6.07, 6.45) is 4.65. The van der Waals surface area contributed by atoms with Gasteiger partial charge in [-0.25, -0.2) is 0 Å². The van der Waals surface area contributed by atoms with Crippen LogP contribution in [0.4, 0.5) is 0 Å². The first kappa shape index (κ1) is 18.2. The standard InChI is InChI=1S/C15H27N3O2.ClH/c1-9(2)14(16)15(20)17-8-13(19)18(12-6-7-12)10(3)11-4-5-11;/h9-12,14H,4-8,16H2,1-3H3,(H,17,20);1H/t10?,14-;/m0./s1. The molecule has 122 valence electrons. The monoisotopic (exact) mass is 317 g/mol. The highest BCUT2D eigenvalue weighted by molar-refractivity contribution is 5.87. The Morgan fingerprint density at radius 1 is 1.19 bits per heavy atom. The van der Waals surface area contributed by atoms with Gasteiger partial charge in [0.2, 0.25) is 11.8 Å². The summed E-state index contributed by atoms with van der Waals surface area (Å²) in [6, 6.07) is 0.164. The number of carbonyl (C=O) groups excluding carboxylic acids is 2. The summed E-state index contributed by atoms with van der Waals surface area (Å²) >= 11 is 0. The molecule has 1 unspecified atom stereocenters. The summed E-state index contributed by atoms with van der Waals surface area (Å²) in [5, 5.41) is 2.69. The van der Waals surface area contributed by atoms with Crippen molar-refractivity contribution >= 4 is 24.2 Å². The van der Waals surface area contributed by atoms with Crippen LogP contribution in [0.1, 0.15) is 46.5 Å². The highest BCUT2D eigenvalue weighted by Crippen LogP contribution is 2.39. The smallest absolute Gasteiger partial charge is 0.242 e. The van der Waals surface area contributed by atoms with E-state index < -0.39 is 6.04 Å². The molecule has 0 aromatic carbocycles. The molecule has 2 aliphatic carbocycles. The van der Waals surface area contributed by atoms with E-state index >= 15 is 0 Å². The maximum absolute atomic E-state index is 12.4. The number of hydrogen-bond donors (Lipinski definition) is 2. The zero-order chi connectivity index (χ0) is 14.9. The lowest BCUT2D eigenvalue weighted by molar-refractivity contribution is -0.135. The van der Waals surface area contributed by atoms with Crippen molar-refractivity contribution in [3.8, 4) is 0 Å². The molecule has 5 nitrogen and oxygen atoms in total. The predicted octanol–water partition coefficient (Wildman–Crippen LogP) is 1.30. The molecule has 0 aromatic heterocycles. The molecular weight excluding hydrogens is 290 g/mol. The summed E-state index contributed by atoms with van der Waals surface area (Å²) in [7, 11) is 0. The molecule has 2 saturated carbocycles. The molecule has 0 aromatic rings. The van der Waals surface area contributed by atoms with E-state index in [4.69, 9.17) is 5.73 Å². The molecule has 0 heterocycles. The molecule has 0 radical (unpaired) electrons. The quantitative estimate of drug-likeness (QED) is 0.743. The average molecular weight is 318 g/mol. The second kappa shape index (κ2) is 7.45. The number of nitrogens with one attached hydrogen (secondary N) is 1. The van der Waals surface area contributed by atoms with Crippen molar-refractivity contribution in [2.75, 3.05) is 6.54 Å². The van der Waals surface area contributed by atoms with Gasteiger partial charge in [-0.15, -0.1) is 12.4 Å². The van der Waals surface area contributed by atoms with Gasteiger partial charge in [-0.3, -0.25) is 9.59 Å². The van der Waals surface area contributed by atoms with Crippen molar-refractivity contribution < 1.29 is 9.59 Å². The second-order valence-corrected chi connectivity index (χ2v) is 6.60. The first-order valence-electron chi connectivity index (χ1n) is 7.76. The van der Waals surface area contributed by atoms with E-state index in [0.29, 0.717) is 18.0 Å². The van der Waals surface area contributed by atoms with Crippen LogP contribution in [0.2, 0.25) is 0 Å². The minimum absolute atomic E-state index is 0. The van der Waals surface area contributed by atoms with Crippen LogP contribution < -0.4 is 11.1 Å². The summed E-state index contributed by atoms with van der Waals surface area (Å²) in [4.78, 5) is 26.2. The minimum atomic E-state index is -0.543. The maximum Gasteiger partial charge on any atom is 0.242 e. The highest BCUT2D eigenvalue weighted by atomic mass is 35.5. The van der Waals surface area contributed by atoms with Crippen LogP contribution in [-0.4, -0.2) is 41.4 Å². The fourth-order valence-corrected chi connectivity index (χ4v) is 2.60. The van der Waals surface area contributed by atoms with Crippen LogP contribution in [0.5, 0.6) is 0 Å². The number of rotatable bonds is 7. The molecule has 21 heavy (non-hydrogen) atoms. The predicted molar refractivity (Wildman–Crippen MR) is 85.1 cm³/mol. The highest BCUT2D eigenvalue weighted by Gasteiger charge is 2.41. The molecule has 2 aliphatic rings. The zero-order valence-corrected chi connectivity index (χ0v) is 14.0. The molecule has 0 aliphatic heterocycles. The Kier molecular flexibility index (Phi) is 6.47. The van der Waals surface area contributed by atoms with Gasteiger partial charge >= 0.3 is 0 Å². The van der Waals surface area contributed by atoms with Crippen molar-refractivity contribution in [1.29, 1.82) is 0 Å². The second-order valence-electron chi connectivity index (χ2n) is 6.60. The molecule has 0 spiro atoms. The third kappa shape index (κ3) is 4.85. The molecule has 0 saturated heterocycles. The zero-order valence-electron chi connectivity index (χ0n) is 13.2. The van der Waals surface area contributed by atoms with E-state index in [2.05, 4.69) is 12.2 Å². The van der Waals surface area contributed by atoms with Crippen molar-refractivity contribution in [3.63, 3.8) is 0 Å². The summed E-state index contributed by atoms with van der Waals surface area (Å²) in [5.41, 5.74) is 5.78. The van der Waals surface area contributed by atoms with Crippen LogP contribution in [0.25, 0.3) is 0 Å². The number of nitrogens with two attached hydrogens (primary N) is 1. The summed E-state index contributed by atoms with van der Waals surface area (Å²) in [6.45, 7) is 6.01. The van der Waals surface area contributed by atoms with Crippen LogP contribution in [0.3, 0.4) is 0 Å². The van der Waals surface area contributed by atoms with Gasteiger partial charge in [0.25, 0.3) is 0 Å². The maximum atomic E-state index is 12.4. The summed E-state index contributed by atoms with van der Waals surface area (Å²) < 4.78 is 0. The Morgan fingerprint density at radius 3 is 2.19 bits per heavy atom. The fourth-order valence-electron chi connectivity index (χ4n) is 2.60. The van der Waals surface area contributed by atoms with Crippen LogP contribution >= 0.6 is 12.4 Å². The van der Waals surface area contributed by atoms with Crippen LogP contribution in [0, 0.1) is 11.8 Å². The SMILES string of the molecule is CC(C)[C@H](N)C(=O)NCC(=O)N(C1CC1)C(C)C1CC1.Cl. The molecule has 2 fully saturated rings. The van der Waals surface area contributed by atoms with Crippen molar-refractivity contribution in [1.82, 2.24) is 10.2 Å². The number of halogens is 1. The summed E-state index contributed by atoms with van der Waals surface area (Å²) in [5.74, 6) is 0.544. The molecular formula is C15H28ClN3O2. The molecule has 2 atom stereocenters. The van der Waals surface area contributed by atoms with Crippen LogP contribution in [0.15, 0.2) is 0 Å². The van der Waals surface area contributed by atoms with Crippen molar-refractivity contribution in [3.05, 3.63) is 0 Å². The van der Waals surface area contributed by atoms with Gasteiger partial charge in [-0.2, -0.15) is 0 Å². The van der Waals surface area contributed by atoms with Gasteiger partial charge in [-0.1, -0.05) is 13.8 Å². The lowest BCUT2D eigenvalue weighted by atomic mass is 10.1. The lowest BCUT2D eigenvalue weighted by Crippen LogP contribution is -2.50. The van der Waals surface area contributed by atoms with Crippen molar-refractivity contribution in [2.45, 2.75) is 64.6 Å². The third-order valence-electron chi connectivity index (χ3n) is 4.41. The number of hydrogen-bond acceptors (Lipinski definition) is 3. The Balaban J connectivity index is 0.00000220. The average Bonchev–Trinajstić information content (AvgIpc) is 3.26. The molecule has 6 heteroatoms. The molecule has 3 N–H and O–H groups in total. The topological polar surface area (TPSA) is 75.4 Å². The van der Waals surface area contributed by atoms with Gasteiger partial charge in [0.15, 0.2) is 0 Å². The van der Waals surface area contributed by atoms with E-state index in [1.165, 1.54) is 12.8 Å². The lowest BCUT2D eigenvalue weighted by Gasteiger charge is -2.30. The number of nitrogens with zero attached hydrogens (tertiary/aromatic N) is 1. The Morgan fingerprint density at radius 2 is 1.76 bits per heavy atom. The Hall–Kier alpha value is -0.810. The van der Waals surface area contributed by atoms with E-state index in [1.54, 1.807) is 0 Å². The van der Waals surface area contributed by atoms with Crippen molar-refractivity contribution in [2.24, 2.45) is 17.6 Å². The molecule has 0 bridgehead atoms.